The Balaban J connectivity index is 1.42. The van der Waals surface area contributed by atoms with Crippen molar-refractivity contribution in [2.24, 2.45) is 5.41 Å². The molecule has 1 atom stereocenters. The van der Waals surface area contributed by atoms with Crippen molar-refractivity contribution < 1.29 is 9.47 Å². The number of likely N-dealkylation sites (tertiary alicyclic amines) is 1. The first-order valence-electron chi connectivity index (χ1n) is 8.39. The van der Waals surface area contributed by atoms with Crippen LogP contribution in [0.1, 0.15) is 19.3 Å². The van der Waals surface area contributed by atoms with Gasteiger partial charge in [0.25, 0.3) is 0 Å². The van der Waals surface area contributed by atoms with Crippen LogP contribution in [0.15, 0.2) is 11.6 Å². The molecule has 4 heterocycles. The SMILES string of the molecule is c1csc(N2CCOCC3(CCN([C@H]4CCOC4)CC3)C2)n1. The molecule has 5 nitrogen and oxygen atoms in total. The number of thiazole rings is 1. The van der Waals surface area contributed by atoms with Gasteiger partial charge in [-0.2, -0.15) is 0 Å². The molecule has 0 saturated carbocycles. The van der Waals surface area contributed by atoms with E-state index in [1.165, 1.54) is 32.4 Å². The van der Waals surface area contributed by atoms with Crippen molar-refractivity contribution in [1.29, 1.82) is 0 Å². The lowest BCUT2D eigenvalue weighted by atomic mass is 9.78. The third-order valence-electron chi connectivity index (χ3n) is 5.41. The first-order valence-corrected chi connectivity index (χ1v) is 9.27. The first-order chi connectivity index (χ1) is 10.8. The Morgan fingerprint density at radius 1 is 1.18 bits per heavy atom. The molecule has 3 aliphatic heterocycles. The summed E-state index contributed by atoms with van der Waals surface area (Å²) in [6, 6.07) is 0.652. The van der Waals surface area contributed by atoms with E-state index in [0.717, 1.165) is 44.6 Å². The maximum atomic E-state index is 5.97. The minimum Gasteiger partial charge on any atom is -0.380 e. The molecular formula is C16H25N3O2S. The molecule has 3 aliphatic rings. The van der Waals surface area contributed by atoms with Gasteiger partial charge < -0.3 is 14.4 Å². The lowest BCUT2D eigenvalue weighted by Crippen LogP contribution is -2.50. The lowest BCUT2D eigenvalue weighted by molar-refractivity contribution is 0.00920. The standard InChI is InChI=1S/C16H25N3O2S/c1-8-20-11-14(1)18-5-2-16(3-6-18)12-19(7-9-21-13-16)15-17-4-10-22-15/h4,10,14H,1-3,5-9,11-13H2/t14-/m0/s1. The highest BCUT2D eigenvalue weighted by Gasteiger charge is 2.40. The van der Waals surface area contributed by atoms with Crippen LogP contribution in [0.5, 0.6) is 0 Å². The number of nitrogens with zero attached hydrogens (tertiary/aromatic N) is 3. The normalized spacial score (nSPS) is 29.8. The van der Waals surface area contributed by atoms with Crippen molar-refractivity contribution in [2.75, 3.05) is 57.5 Å². The van der Waals surface area contributed by atoms with E-state index in [1.54, 1.807) is 11.3 Å². The molecule has 4 rings (SSSR count). The van der Waals surface area contributed by atoms with Gasteiger partial charge in [0.05, 0.1) is 19.8 Å². The number of rotatable bonds is 2. The van der Waals surface area contributed by atoms with Crippen molar-refractivity contribution >= 4 is 16.5 Å². The van der Waals surface area contributed by atoms with E-state index in [9.17, 15) is 0 Å². The Kier molecular flexibility index (Phi) is 4.35. The Hall–Kier alpha value is -0.690. The zero-order chi connectivity index (χ0) is 14.8. The topological polar surface area (TPSA) is 37.8 Å². The molecule has 1 spiro atoms. The van der Waals surface area contributed by atoms with E-state index in [0.29, 0.717) is 11.5 Å². The molecule has 1 aromatic rings. The van der Waals surface area contributed by atoms with E-state index in [-0.39, 0.29) is 0 Å². The zero-order valence-corrected chi connectivity index (χ0v) is 13.9. The van der Waals surface area contributed by atoms with E-state index in [2.05, 4.69) is 20.2 Å². The van der Waals surface area contributed by atoms with Crippen molar-refractivity contribution in [2.45, 2.75) is 25.3 Å². The van der Waals surface area contributed by atoms with Gasteiger partial charge in [-0.1, -0.05) is 0 Å². The van der Waals surface area contributed by atoms with Gasteiger partial charge in [0, 0.05) is 42.7 Å². The van der Waals surface area contributed by atoms with Crippen molar-refractivity contribution in [3.63, 3.8) is 0 Å². The highest BCUT2D eigenvalue weighted by molar-refractivity contribution is 7.13. The summed E-state index contributed by atoms with van der Waals surface area (Å²) in [5, 5.41) is 3.22. The summed E-state index contributed by atoms with van der Waals surface area (Å²) in [7, 11) is 0. The fourth-order valence-electron chi connectivity index (χ4n) is 4.00. The van der Waals surface area contributed by atoms with Crippen LogP contribution in [0.3, 0.4) is 0 Å². The number of hydrogen-bond acceptors (Lipinski definition) is 6. The fourth-order valence-corrected chi connectivity index (χ4v) is 4.67. The Bertz CT molecular complexity index is 468. The molecule has 3 saturated heterocycles. The second kappa shape index (κ2) is 6.43. The monoisotopic (exact) mass is 323 g/mol. The summed E-state index contributed by atoms with van der Waals surface area (Å²) in [4.78, 5) is 9.57. The smallest absolute Gasteiger partial charge is 0.185 e. The van der Waals surface area contributed by atoms with Gasteiger partial charge in [0.2, 0.25) is 0 Å². The van der Waals surface area contributed by atoms with Crippen LogP contribution in [-0.2, 0) is 9.47 Å². The second-order valence-electron chi connectivity index (χ2n) is 6.84. The van der Waals surface area contributed by atoms with Crippen LogP contribution in [0.2, 0.25) is 0 Å². The lowest BCUT2D eigenvalue weighted by Gasteiger charge is -2.44. The van der Waals surface area contributed by atoms with Crippen LogP contribution in [0, 0.1) is 5.41 Å². The van der Waals surface area contributed by atoms with Gasteiger partial charge in [0.15, 0.2) is 5.13 Å². The maximum Gasteiger partial charge on any atom is 0.185 e. The predicted molar refractivity (Wildman–Crippen MR) is 87.6 cm³/mol. The minimum atomic E-state index is 0.304. The largest absolute Gasteiger partial charge is 0.380 e. The van der Waals surface area contributed by atoms with Crippen LogP contribution in [0.25, 0.3) is 0 Å². The summed E-state index contributed by atoms with van der Waals surface area (Å²) < 4.78 is 11.5. The minimum absolute atomic E-state index is 0.304. The Labute approximate surface area is 136 Å². The van der Waals surface area contributed by atoms with E-state index < -0.39 is 0 Å². The van der Waals surface area contributed by atoms with Gasteiger partial charge in [-0.15, -0.1) is 11.3 Å². The predicted octanol–water partition coefficient (Wildman–Crippen LogP) is 1.85. The molecule has 0 aliphatic carbocycles. The molecule has 22 heavy (non-hydrogen) atoms. The average molecular weight is 323 g/mol. The molecule has 0 bridgehead atoms. The van der Waals surface area contributed by atoms with Crippen molar-refractivity contribution in [1.82, 2.24) is 9.88 Å². The average Bonchev–Trinajstić information content (AvgIpc) is 3.22. The zero-order valence-electron chi connectivity index (χ0n) is 13.1. The first kappa shape index (κ1) is 14.9. The highest BCUT2D eigenvalue weighted by atomic mass is 32.1. The van der Waals surface area contributed by atoms with Gasteiger partial charge >= 0.3 is 0 Å². The summed E-state index contributed by atoms with van der Waals surface area (Å²) in [5.74, 6) is 0. The molecule has 122 valence electrons. The molecule has 1 aromatic heterocycles. The second-order valence-corrected chi connectivity index (χ2v) is 7.72. The van der Waals surface area contributed by atoms with Gasteiger partial charge in [-0.3, -0.25) is 4.90 Å². The summed E-state index contributed by atoms with van der Waals surface area (Å²) in [6.07, 6.45) is 5.56. The van der Waals surface area contributed by atoms with Crippen molar-refractivity contribution in [3.05, 3.63) is 11.6 Å². The molecular weight excluding hydrogens is 298 g/mol. The molecule has 0 aromatic carbocycles. The quantitative estimate of drug-likeness (QED) is 0.830. The highest BCUT2D eigenvalue weighted by Crippen LogP contribution is 2.37. The molecule has 0 N–H and O–H groups in total. The Morgan fingerprint density at radius 2 is 2.09 bits per heavy atom. The summed E-state index contributed by atoms with van der Waals surface area (Å²) >= 11 is 1.74. The van der Waals surface area contributed by atoms with Crippen LogP contribution >= 0.6 is 11.3 Å². The third kappa shape index (κ3) is 3.02. The van der Waals surface area contributed by atoms with Gasteiger partial charge in [-0.25, -0.2) is 4.98 Å². The molecule has 0 amide bonds. The third-order valence-corrected chi connectivity index (χ3v) is 6.24. The van der Waals surface area contributed by atoms with E-state index in [4.69, 9.17) is 9.47 Å². The van der Waals surface area contributed by atoms with Crippen LogP contribution in [0.4, 0.5) is 5.13 Å². The molecule has 6 heteroatoms. The summed E-state index contributed by atoms with van der Waals surface area (Å²) in [6.45, 7) is 8.02. The number of aromatic nitrogens is 1. The van der Waals surface area contributed by atoms with Crippen LogP contribution in [-0.4, -0.2) is 68.5 Å². The van der Waals surface area contributed by atoms with E-state index >= 15 is 0 Å². The van der Waals surface area contributed by atoms with Crippen LogP contribution < -0.4 is 4.90 Å². The summed E-state index contributed by atoms with van der Waals surface area (Å²) in [5.41, 5.74) is 0.304. The Morgan fingerprint density at radius 3 is 2.82 bits per heavy atom. The number of hydrogen-bond donors (Lipinski definition) is 0. The molecule has 0 unspecified atom stereocenters. The fraction of sp³-hybridized carbons (Fsp3) is 0.812. The maximum absolute atomic E-state index is 5.97. The van der Waals surface area contributed by atoms with E-state index in [1.807, 2.05) is 6.20 Å². The number of piperidine rings is 1. The number of ether oxygens (including phenoxy) is 2. The van der Waals surface area contributed by atoms with Gasteiger partial charge in [-0.05, 0) is 32.4 Å². The molecule has 3 fully saturated rings. The number of anilines is 1. The van der Waals surface area contributed by atoms with Crippen molar-refractivity contribution in [3.8, 4) is 0 Å². The molecule has 0 radical (unpaired) electrons. The van der Waals surface area contributed by atoms with Gasteiger partial charge in [0.1, 0.15) is 0 Å².